The Kier molecular flexibility index (Phi) is 3.66. The summed E-state index contributed by atoms with van der Waals surface area (Å²) in [6.07, 6.45) is 4.35. The summed E-state index contributed by atoms with van der Waals surface area (Å²) in [4.78, 5) is 6.58. The van der Waals surface area contributed by atoms with Crippen molar-refractivity contribution in [2.24, 2.45) is 0 Å². The monoisotopic (exact) mass is 239 g/mol. The fourth-order valence-corrected chi connectivity index (χ4v) is 2.27. The molecule has 4 heteroatoms. The van der Waals surface area contributed by atoms with Gasteiger partial charge in [-0.2, -0.15) is 0 Å². The summed E-state index contributed by atoms with van der Waals surface area (Å²) in [6, 6.07) is 2.71. The van der Waals surface area contributed by atoms with Crippen LogP contribution in [0, 0.1) is 6.92 Å². The molecule has 2 rings (SSSR count). The highest BCUT2D eigenvalue weighted by Gasteiger charge is 2.19. The van der Waals surface area contributed by atoms with Crippen LogP contribution in [0.1, 0.15) is 18.4 Å². The maximum Gasteiger partial charge on any atom is 0.132 e. The molecule has 88 valence electrons. The topological polar surface area (TPSA) is 28.2 Å². The Bertz CT molecular complexity index is 367. The van der Waals surface area contributed by atoms with Crippen LogP contribution in [0.15, 0.2) is 12.3 Å². The lowest BCUT2D eigenvalue weighted by molar-refractivity contribution is 0.449. The lowest BCUT2D eigenvalue weighted by atomic mass is 10.1. The van der Waals surface area contributed by atoms with Crippen molar-refractivity contribution in [1.82, 2.24) is 10.3 Å². The minimum Gasteiger partial charge on any atom is -0.369 e. The van der Waals surface area contributed by atoms with Gasteiger partial charge in [-0.3, -0.25) is 0 Å². The van der Waals surface area contributed by atoms with Gasteiger partial charge < -0.3 is 10.2 Å². The molecule has 1 N–H and O–H groups in total. The number of nitrogens with one attached hydrogen (secondary N) is 1. The fourth-order valence-electron chi connectivity index (χ4n) is 2.16. The summed E-state index contributed by atoms with van der Waals surface area (Å²) < 4.78 is 0. The first-order valence-corrected chi connectivity index (χ1v) is 6.13. The van der Waals surface area contributed by atoms with E-state index in [9.17, 15) is 0 Å². The van der Waals surface area contributed by atoms with Gasteiger partial charge in [-0.05, 0) is 38.4 Å². The lowest BCUT2D eigenvalue weighted by Crippen LogP contribution is -2.44. The first-order valence-electron chi connectivity index (χ1n) is 5.75. The van der Waals surface area contributed by atoms with E-state index >= 15 is 0 Å². The van der Waals surface area contributed by atoms with Gasteiger partial charge in [0.05, 0.1) is 11.9 Å². The Morgan fingerprint density at radius 2 is 2.38 bits per heavy atom. The number of hydrogen-bond acceptors (Lipinski definition) is 3. The van der Waals surface area contributed by atoms with Gasteiger partial charge in [0, 0.05) is 19.1 Å². The van der Waals surface area contributed by atoms with Crippen LogP contribution < -0.4 is 10.2 Å². The highest BCUT2D eigenvalue weighted by atomic mass is 35.5. The van der Waals surface area contributed by atoms with Crippen molar-refractivity contribution in [1.29, 1.82) is 0 Å². The number of nitrogens with zero attached hydrogens (tertiary/aromatic N) is 2. The van der Waals surface area contributed by atoms with Crippen LogP contribution in [0.2, 0.25) is 5.15 Å². The maximum absolute atomic E-state index is 5.93. The average Bonchev–Trinajstić information content (AvgIpc) is 2.33. The second kappa shape index (κ2) is 5.02. The number of pyridine rings is 1. The van der Waals surface area contributed by atoms with Gasteiger partial charge in [0.1, 0.15) is 5.15 Å². The summed E-state index contributed by atoms with van der Waals surface area (Å²) in [5.41, 5.74) is 2.23. The number of aryl methyl sites for hydroxylation is 1. The van der Waals surface area contributed by atoms with E-state index in [1.165, 1.54) is 18.5 Å². The maximum atomic E-state index is 5.93. The molecular formula is C12H18ClN3. The third-order valence-electron chi connectivity index (χ3n) is 3.19. The molecule has 0 aromatic carbocycles. The quantitative estimate of drug-likeness (QED) is 0.803. The van der Waals surface area contributed by atoms with Gasteiger partial charge in [0.15, 0.2) is 0 Å². The van der Waals surface area contributed by atoms with Crippen LogP contribution >= 0.6 is 11.6 Å². The summed E-state index contributed by atoms with van der Waals surface area (Å²) >= 11 is 5.93. The Balaban J connectivity index is 2.13. The Hall–Kier alpha value is -0.800. The van der Waals surface area contributed by atoms with E-state index in [2.05, 4.69) is 21.3 Å². The van der Waals surface area contributed by atoms with E-state index in [0.717, 1.165) is 18.7 Å². The van der Waals surface area contributed by atoms with E-state index < -0.39 is 0 Å². The summed E-state index contributed by atoms with van der Waals surface area (Å²) in [5.74, 6) is 0. The number of likely N-dealkylation sites (N-methyl/N-ethyl adjacent to an activating group) is 1. The zero-order chi connectivity index (χ0) is 11.5. The Morgan fingerprint density at radius 3 is 3.06 bits per heavy atom. The van der Waals surface area contributed by atoms with Crippen LogP contribution in [-0.2, 0) is 0 Å². The van der Waals surface area contributed by atoms with Crippen LogP contribution in [0.25, 0.3) is 0 Å². The van der Waals surface area contributed by atoms with E-state index in [0.29, 0.717) is 11.2 Å². The van der Waals surface area contributed by atoms with Crippen molar-refractivity contribution in [3.05, 3.63) is 23.0 Å². The molecule has 1 saturated heterocycles. The third kappa shape index (κ3) is 2.47. The smallest absolute Gasteiger partial charge is 0.132 e. The molecule has 1 aromatic rings. The predicted molar refractivity (Wildman–Crippen MR) is 68.3 cm³/mol. The van der Waals surface area contributed by atoms with Gasteiger partial charge in [0.2, 0.25) is 0 Å². The van der Waals surface area contributed by atoms with Crippen molar-refractivity contribution in [2.75, 3.05) is 25.0 Å². The van der Waals surface area contributed by atoms with Gasteiger partial charge in [-0.15, -0.1) is 0 Å². The fraction of sp³-hybridized carbons (Fsp3) is 0.583. The van der Waals surface area contributed by atoms with Gasteiger partial charge in [-0.1, -0.05) is 11.6 Å². The van der Waals surface area contributed by atoms with E-state index in [1.54, 1.807) is 0 Å². The minimum atomic E-state index is 0.588. The standard InChI is InChI=1S/C12H18ClN3/c1-9-6-11(7-15-12(9)13)16-5-3-4-10(8-16)14-2/h6-7,10,14H,3-5,8H2,1-2H3. The SMILES string of the molecule is CNC1CCCN(c2cnc(Cl)c(C)c2)C1. The van der Waals surface area contributed by atoms with Crippen molar-refractivity contribution >= 4 is 17.3 Å². The van der Waals surface area contributed by atoms with Crippen LogP contribution in [0.4, 0.5) is 5.69 Å². The molecule has 1 atom stereocenters. The summed E-state index contributed by atoms with van der Waals surface area (Å²) in [6.45, 7) is 4.17. The molecule has 2 heterocycles. The minimum absolute atomic E-state index is 0.588. The highest BCUT2D eigenvalue weighted by Crippen LogP contribution is 2.22. The molecule has 16 heavy (non-hydrogen) atoms. The molecule has 0 radical (unpaired) electrons. The molecule has 0 saturated carbocycles. The number of hydrogen-bond donors (Lipinski definition) is 1. The number of anilines is 1. The molecule has 1 aromatic heterocycles. The number of aromatic nitrogens is 1. The normalized spacial score (nSPS) is 21.2. The van der Waals surface area contributed by atoms with Crippen LogP contribution in [-0.4, -0.2) is 31.2 Å². The molecule has 0 bridgehead atoms. The average molecular weight is 240 g/mol. The van der Waals surface area contributed by atoms with Crippen LogP contribution in [0.3, 0.4) is 0 Å². The third-order valence-corrected chi connectivity index (χ3v) is 3.59. The van der Waals surface area contributed by atoms with Gasteiger partial charge >= 0.3 is 0 Å². The van der Waals surface area contributed by atoms with E-state index in [-0.39, 0.29) is 0 Å². The predicted octanol–water partition coefficient (Wildman–Crippen LogP) is 2.23. The van der Waals surface area contributed by atoms with Crippen molar-refractivity contribution < 1.29 is 0 Å². The van der Waals surface area contributed by atoms with Gasteiger partial charge in [-0.25, -0.2) is 4.98 Å². The first kappa shape index (κ1) is 11.7. The highest BCUT2D eigenvalue weighted by molar-refractivity contribution is 6.30. The van der Waals surface area contributed by atoms with Crippen molar-refractivity contribution in [3.63, 3.8) is 0 Å². The molecule has 1 fully saturated rings. The number of piperidine rings is 1. The van der Waals surface area contributed by atoms with Crippen LogP contribution in [0.5, 0.6) is 0 Å². The number of halogens is 1. The Morgan fingerprint density at radius 1 is 1.56 bits per heavy atom. The van der Waals surface area contributed by atoms with Crippen molar-refractivity contribution in [3.8, 4) is 0 Å². The molecule has 1 unspecified atom stereocenters. The Labute approximate surface area is 102 Å². The van der Waals surface area contributed by atoms with E-state index in [4.69, 9.17) is 11.6 Å². The summed E-state index contributed by atoms with van der Waals surface area (Å²) in [7, 11) is 2.03. The molecule has 0 spiro atoms. The largest absolute Gasteiger partial charge is 0.369 e. The molecule has 3 nitrogen and oxygen atoms in total. The van der Waals surface area contributed by atoms with Gasteiger partial charge in [0.25, 0.3) is 0 Å². The molecule has 0 amide bonds. The van der Waals surface area contributed by atoms with E-state index in [1.807, 2.05) is 20.2 Å². The first-order chi connectivity index (χ1) is 7.70. The van der Waals surface area contributed by atoms with Crippen molar-refractivity contribution in [2.45, 2.75) is 25.8 Å². The molecule has 1 aliphatic rings. The lowest BCUT2D eigenvalue weighted by Gasteiger charge is -2.34. The zero-order valence-electron chi connectivity index (χ0n) is 9.83. The molecule has 0 aliphatic carbocycles. The number of rotatable bonds is 2. The second-order valence-corrected chi connectivity index (χ2v) is 4.73. The zero-order valence-corrected chi connectivity index (χ0v) is 10.6. The summed E-state index contributed by atoms with van der Waals surface area (Å²) in [5, 5.41) is 3.94. The second-order valence-electron chi connectivity index (χ2n) is 4.38. The molecular weight excluding hydrogens is 222 g/mol. The molecule has 1 aliphatic heterocycles.